The SMILES string of the molecule is NC[C@@H]1CCN(C(=O)[C@@H]2C[C@H]2c2cccc(Cl)c2Cl)C1. The third kappa shape index (κ3) is 2.54. The molecule has 1 aromatic carbocycles. The van der Waals surface area contributed by atoms with Gasteiger partial charge >= 0.3 is 0 Å². The van der Waals surface area contributed by atoms with Crippen LogP contribution in [0.15, 0.2) is 18.2 Å². The van der Waals surface area contributed by atoms with Crippen LogP contribution in [0.3, 0.4) is 0 Å². The second kappa shape index (κ2) is 5.55. The van der Waals surface area contributed by atoms with E-state index in [-0.39, 0.29) is 17.7 Å². The van der Waals surface area contributed by atoms with Gasteiger partial charge in [0.15, 0.2) is 0 Å². The number of hydrogen-bond acceptors (Lipinski definition) is 2. The molecule has 0 bridgehead atoms. The van der Waals surface area contributed by atoms with Crippen LogP contribution < -0.4 is 5.73 Å². The van der Waals surface area contributed by atoms with Crippen molar-refractivity contribution in [2.24, 2.45) is 17.6 Å². The molecule has 1 amide bonds. The predicted octanol–water partition coefficient (Wildman–Crippen LogP) is 2.90. The number of nitrogens with two attached hydrogens (primary N) is 1. The van der Waals surface area contributed by atoms with Crippen LogP contribution in [-0.2, 0) is 4.79 Å². The summed E-state index contributed by atoms with van der Waals surface area (Å²) < 4.78 is 0. The lowest BCUT2D eigenvalue weighted by molar-refractivity contribution is -0.131. The maximum absolute atomic E-state index is 12.5. The third-order valence-electron chi connectivity index (χ3n) is 4.42. The first-order valence-electron chi connectivity index (χ1n) is 7.04. The number of likely N-dealkylation sites (tertiary alicyclic amines) is 1. The minimum Gasteiger partial charge on any atom is -0.342 e. The average Bonchev–Trinajstić information content (AvgIpc) is 3.09. The lowest BCUT2D eigenvalue weighted by Crippen LogP contribution is -2.31. The molecule has 0 unspecified atom stereocenters. The van der Waals surface area contributed by atoms with Gasteiger partial charge in [-0.1, -0.05) is 35.3 Å². The highest BCUT2D eigenvalue weighted by atomic mass is 35.5. The number of benzene rings is 1. The van der Waals surface area contributed by atoms with Crippen molar-refractivity contribution in [1.29, 1.82) is 0 Å². The van der Waals surface area contributed by atoms with Crippen LogP contribution in [0, 0.1) is 11.8 Å². The highest BCUT2D eigenvalue weighted by molar-refractivity contribution is 6.42. The Balaban J connectivity index is 1.67. The van der Waals surface area contributed by atoms with Gasteiger partial charge in [-0.15, -0.1) is 0 Å². The molecular weight excluding hydrogens is 295 g/mol. The van der Waals surface area contributed by atoms with Crippen LogP contribution in [0.25, 0.3) is 0 Å². The van der Waals surface area contributed by atoms with Gasteiger partial charge in [0.25, 0.3) is 0 Å². The van der Waals surface area contributed by atoms with E-state index in [2.05, 4.69) is 0 Å². The fourth-order valence-electron chi connectivity index (χ4n) is 3.08. The van der Waals surface area contributed by atoms with Gasteiger partial charge in [-0.25, -0.2) is 0 Å². The van der Waals surface area contributed by atoms with E-state index < -0.39 is 0 Å². The van der Waals surface area contributed by atoms with Crippen molar-refractivity contribution in [1.82, 2.24) is 4.90 Å². The molecular formula is C15H18Cl2N2O. The number of hydrogen-bond donors (Lipinski definition) is 1. The summed E-state index contributed by atoms with van der Waals surface area (Å²) in [5, 5.41) is 1.15. The van der Waals surface area contributed by atoms with Crippen molar-refractivity contribution in [2.75, 3.05) is 19.6 Å². The number of amides is 1. The Morgan fingerprint density at radius 3 is 2.90 bits per heavy atom. The smallest absolute Gasteiger partial charge is 0.226 e. The Labute approximate surface area is 129 Å². The number of halogens is 2. The largest absolute Gasteiger partial charge is 0.342 e. The molecule has 1 saturated heterocycles. The molecule has 2 N–H and O–H groups in total. The van der Waals surface area contributed by atoms with Gasteiger partial charge in [0, 0.05) is 19.0 Å². The summed E-state index contributed by atoms with van der Waals surface area (Å²) in [4.78, 5) is 14.4. The molecule has 1 aliphatic heterocycles. The molecule has 2 aliphatic rings. The first-order valence-corrected chi connectivity index (χ1v) is 7.80. The van der Waals surface area contributed by atoms with Gasteiger partial charge in [0.2, 0.25) is 5.91 Å². The van der Waals surface area contributed by atoms with Crippen molar-refractivity contribution in [3.8, 4) is 0 Å². The van der Waals surface area contributed by atoms with Gasteiger partial charge in [-0.2, -0.15) is 0 Å². The quantitative estimate of drug-likeness (QED) is 0.932. The molecule has 5 heteroatoms. The van der Waals surface area contributed by atoms with E-state index in [1.165, 1.54) is 0 Å². The van der Waals surface area contributed by atoms with Crippen LogP contribution in [0.4, 0.5) is 0 Å². The van der Waals surface area contributed by atoms with E-state index in [0.29, 0.717) is 22.5 Å². The van der Waals surface area contributed by atoms with Gasteiger partial charge < -0.3 is 10.6 Å². The fourth-order valence-corrected chi connectivity index (χ4v) is 3.53. The van der Waals surface area contributed by atoms with E-state index in [1.807, 2.05) is 17.0 Å². The predicted molar refractivity (Wildman–Crippen MR) is 81.1 cm³/mol. The van der Waals surface area contributed by atoms with Crippen LogP contribution in [-0.4, -0.2) is 30.4 Å². The molecule has 2 fully saturated rings. The minimum absolute atomic E-state index is 0.0718. The third-order valence-corrected chi connectivity index (χ3v) is 5.25. The lowest BCUT2D eigenvalue weighted by Gasteiger charge is -2.16. The Morgan fingerprint density at radius 2 is 2.20 bits per heavy atom. The summed E-state index contributed by atoms with van der Waals surface area (Å²) in [6.07, 6.45) is 1.90. The van der Waals surface area contributed by atoms with Crippen LogP contribution in [0.5, 0.6) is 0 Å². The topological polar surface area (TPSA) is 46.3 Å². The number of nitrogens with zero attached hydrogens (tertiary/aromatic N) is 1. The summed E-state index contributed by atoms with van der Waals surface area (Å²) in [6, 6.07) is 5.64. The van der Waals surface area contributed by atoms with Crippen molar-refractivity contribution < 1.29 is 4.79 Å². The average molecular weight is 313 g/mol. The van der Waals surface area contributed by atoms with Gasteiger partial charge in [0.1, 0.15) is 0 Å². The van der Waals surface area contributed by atoms with Crippen molar-refractivity contribution in [2.45, 2.75) is 18.8 Å². The standard InChI is InChI=1S/C15H18Cl2N2O/c16-13-3-1-2-10(14(13)17)11-6-12(11)15(20)19-5-4-9(7-18)8-19/h1-3,9,11-12H,4-8,18H2/t9-,11-,12+/m0/s1. The molecule has 108 valence electrons. The normalized spacial score (nSPS) is 28.8. The summed E-state index contributed by atoms with van der Waals surface area (Å²) in [5.41, 5.74) is 6.68. The molecule has 0 spiro atoms. The molecule has 20 heavy (non-hydrogen) atoms. The zero-order chi connectivity index (χ0) is 14.3. The van der Waals surface area contributed by atoms with Crippen LogP contribution in [0.2, 0.25) is 10.0 Å². The molecule has 3 rings (SSSR count). The summed E-state index contributed by atoms with van der Waals surface area (Å²) >= 11 is 12.3. The summed E-state index contributed by atoms with van der Waals surface area (Å²) in [7, 11) is 0. The molecule has 1 aliphatic carbocycles. The zero-order valence-corrected chi connectivity index (χ0v) is 12.7. The van der Waals surface area contributed by atoms with Crippen molar-refractivity contribution in [3.63, 3.8) is 0 Å². The summed E-state index contributed by atoms with van der Waals surface area (Å²) in [6.45, 7) is 2.31. The highest BCUT2D eigenvalue weighted by Crippen LogP contribution is 2.51. The Morgan fingerprint density at radius 1 is 1.40 bits per heavy atom. The van der Waals surface area contributed by atoms with Crippen molar-refractivity contribution >= 4 is 29.1 Å². The van der Waals surface area contributed by atoms with E-state index in [4.69, 9.17) is 28.9 Å². The maximum Gasteiger partial charge on any atom is 0.226 e. The highest BCUT2D eigenvalue weighted by Gasteiger charge is 2.47. The molecule has 1 saturated carbocycles. The van der Waals surface area contributed by atoms with Gasteiger partial charge in [-0.05, 0) is 42.9 Å². The zero-order valence-electron chi connectivity index (χ0n) is 11.2. The van der Waals surface area contributed by atoms with Gasteiger partial charge in [-0.3, -0.25) is 4.79 Å². The monoisotopic (exact) mass is 312 g/mol. The first-order chi connectivity index (χ1) is 9.61. The van der Waals surface area contributed by atoms with E-state index >= 15 is 0 Å². The number of carbonyl (C=O) groups excluding carboxylic acids is 1. The van der Waals surface area contributed by atoms with Gasteiger partial charge in [0.05, 0.1) is 10.0 Å². The van der Waals surface area contributed by atoms with Crippen molar-refractivity contribution in [3.05, 3.63) is 33.8 Å². The van der Waals surface area contributed by atoms with E-state index in [0.717, 1.165) is 31.5 Å². The molecule has 3 nitrogen and oxygen atoms in total. The number of rotatable bonds is 3. The Kier molecular flexibility index (Phi) is 3.93. The maximum atomic E-state index is 12.5. The second-order valence-corrected chi connectivity index (χ2v) is 6.55. The second-order valence-electron chi connectivity index (χ2n) is 5.77. The molecule has 3 atom stereocenters. The molecule has 0 radical (unpaired) electrons. The Bertz CT molecular complexity index is 535. The Hall–Kier alpha value is -0.770. The fraction of sp³-hybridized carbons (Fsp3) is 0.533. The van der Waals surface area contributed by atoms with E-state index in [9.17, 15) is 4.79 Å². The molecule has 1 heterocycles. The minimum atomic E-state index is 0.0718. The van der Waals surface area contributed by atoms with E-state index in [1.54, 1.807) is 6.07 Å². The summed E-state index contributed by atoms with van der Waals surface area (Å²) in [5.74, 6) is 1.01. The first kappa shape index (κ1) is 14.2. The molecule has 1 aromatic rings. The van der Waals surface area contributed by atoms with Crippen LogP contribution in [0.1, 0.15) is 24.3 Å². The number of carbonyl (C=O) groups is 1. The van der Waals surface area contributed by atoms with Crippen LogP contribution >= 0.6 is 23.2 Å². The molecule has 0 aromatic heterocycles. The lowest BCUT2D eigenvalue weighted by atomic mass is 10.1.